The van der Waals surface area contributed by atoms with Crippen LogP contribution >= 0.6 is 23.2 Å². The van der Waals surface area contributed by atoms with Crippen molar-refractivity contribution < 1.29 is 31.5 Å². The maximum absolute atomic E-state index is 12.6. The lowest BCUT2D eigenvalue weighted by Gasteiger charge is -2.14. The molecule has 0 N–H and O–H groups in total. The summed E-state index contributed by atoms with van der Waals surface area (Å²) >= 11 is 10.3. The second-order valence-electron chi connectivity index (χ2n) is 3.12. The zero-order valence-corrected chi connectivity index (χ0v) is 10.3. The Labute approximate surface area is 113 Å². The van der Waals surface area contributed by atoms with Crippen LogP contribution in [0.4, 0.5) is 22.0 Å². The topological polar surface area (TPSA) is 39.2 Å². The highest BCUT2D eigenvalue weighted by molar-refractivity contribution is 6.67. The van der Waals surface area contributed by atoms with Crippen LogP contribution in [0.1, 0.15) is 28.2 Å². The summed E-state index contributed by atoms with van der Waals surface area (Å²) in [5.41, 5.74) is -2.49. The molecular formula is C9H4Cl2F5NO2. The molecule has 1 rings (SSSR count). The van der Waals surface area contributed by atoms with Gasteiger partial charge in [0.1, 0.15) is 5.69 Å². The molecule has 0 atom stereocenters. The van der Waals surface area contributed by atoms with Crippen molar-refractivity contribution in [3.63, 3.8) is 0 Å². The van der Waals surface area contributed by atoms with Crippen LogP contribution in [-0.4, -0.2) is 16.6 Å². The molecule has 0 aromatic carbocycles. The fourth-order valence-electron chi connectivity index (χ4n) is 1.18. The third-order valence-electron chi connectivity index (χ3n) is 1.86. The van der Waals surface area contributed by atoms with Gasteiger partial charge in [0.2, 0.25) is 0 Å². The summed E-state index contributed by atoms with van der Waals surface area (Å²) in [5.74, 6) is -1.56. The Morgan fingerprint density at radius 2 is 2.00 bits per heavy atom. The van der Waals surface area contributed by atoms with E-state index in [2.05, 4.69) is 9.72 Å². The first-order valence-electron chi connectivity index (χ1n) is 4.49. The molecule has 0 bridgehead atoms. The smallest absolute Gasteiger partial charge is 0.404 e. The molecular weight excluding hydrogens is 320 g/mol. The molecule has 0 saturated heterocycles. The lowest BCUT2D eigenvalue weighted by atomic mass is 10.2. The van der Waals surface area contributed by atoms with Crippen LogP contribution in [-0.2, 0) is 5.88 Å². The first-order valence-corrected chi connectivity index (χ1v) is 5.40. The fraction of sp³-hybridized carbons (Fsp3) is 0.333. The quantitative estimate of drug-likeness (QED) is 0.477. The van der Waals surface area contributed by atoms with E-state index < -0.39 is 46.6 Å². The van der Waals surface area contributed by atoms with Crippen molar-refractivity contribution in [2.75, 3.05) is 0 Å². The molecule has 3 nitrogen and oxygen atoms in total. The fourth-order valence-corrected chi connectivity index (χ4v) is 1.52. The number of alkyl halides is 6. The van der Waals surface area contributed by atoms with Crippen LogP contribution < -0.4 is 4.74 Å². The van der Waals surface area contributed by atoms with Gasteiger partial charge in [-0.15, -0.1) is 24.8 Å². The van der Waals surface area contributed by atoms with E-state index in [9.17, 15) is 26.7 Å². The molecule has 0 unspecified atom stereocenters. The summed E-state index contributed by atoms with van der Waals surface area (Å²) in [4.78, 5) is 14.1. The summed E-state index contributed by atoms with van der Waals surface area (Å²) < 4.78 is 65.0. The number of carbonyl (C=O) groups is 1. The summed E-state index contributed by atoms with van der Waals surface area (Å²) in [7, 11) is 0. The zero-order chi connectivity index (χ0) is 14.8. The van der Waals surface area contributed by atoms with E-state index in [-0.39, 0.29) is 0 Å². The molecule has 19 heavy (non-hydrogen) atoms. The van der Waals surface area contributed by atoms with E-state index in [4.69, 9.17) is 23.2 Å². The van der Waals surface area contributed by atoms with Crippen molar-refractivity contribution in [3.8, 4) is 5.75 Å². The van der Waals surface area contributed by atoms with Crippen LogP contribution in [0.3, 0.4) is 0 Å². The lowest BCUT2D eigenvalue weighted by Crippen LogP contribution is -2.19. The Kier molecular flexibility index (Phi) is 4.92. The Bertz CT molecular complexity index is 492. The number of halogens is 7. The third-order valence-corrected chi connectivity index (χ3v) is 2.32. The van der Waals surface area contributed by atoms with Crippen molar-refractivity contribution in [2.24, 2.45) is 0 Å². The number of nitrogens with zero attached hydrogens (tertiary/aromatic N) is 1. The van der Waals surface area contributed by atoms with E-state index >= 15 is 0 Å². The van der Waals surface area contributed by atoms with Gasteiger partial charge in [-0.3, -0.25) is 4.79 Å². The predicted octanol–water partition coefficient (Wildman–Crippen LogP) is 4.04. The average molecular weight is 324 g/mol. The molecule has 106 valence electrons. The number of pyridine rings is 1. The highest BCUT2D eigenvalue weighted by atomic mass is 35.5. The Morgan fingerprint density at radius 3 is 2.37 bits per heavy atom. The maximum Gasteiger partial charge on any atom is 0.573 e. The average Bonchev–Trinajstić information content (AvgIpc) is 2.25. The molecule has 10 heteroatoms. The van der Waals surface area contributed by atoms with E-state index in [1.54, 1.807) is 0 Å². The molecule has 0 spiro atoms. The number of rotatable bonds is 4. The maximum atomic E-state index is 12.6. The summed E-state index contributed by atoms with van der Waals surface area (Å²) in [6, 6.07) is 0.440. The third kappa shape index (κ3) is 4.17. The van der Waals surface area contributed by atoms with Crippen LogP contribution in [0, 0.1) is 0 Å². The van der Waals surface area contributed by atoms with Crippen LogP contribution in [0.2, 0.25) is 0 Å². The minimum atomic E-state index is -5.08. The van der Waals surface area contributed by atoms with Gasteiger partial charge in [-0.25, -0.2) is 13.8 Å². The molecule has 0 radical (unpaired) electrons. The molecule has 0 aliphatic rings. The minimum Gasteiger partial charge on any atom is -0.404 e. The van der Waals surface area contributed by atoms with Crippen LogP contribution in [0.15, 0.2) is 6.07 Å². The second-order valence-corrected chi connectivity index (χ2v) is 3.73. The molecule has 1 aromatic heterocycles. The Balaban J connectivity index is 3.40. The number of hydrogen-bond acceptors (Lipinski definition) is 3. The van der Waals surface area contributed by atoms with Gasteiger partial charge < -0.3 is 4.74 Å². The largest absolute Gasteiger partial charge is 0.573 e. The van der Waals surface area contributed by atoms with Crippen molar-refractivity contribution in [1.29, 1.82) is 0 Å². The summed E-state index contributed by atoms with van der Waals surface area (Å²) in [6.07, 6.45) is -8.28. The molecule has 1 aromatic rings. The molecule has 0 amide bonds. The monoisotopic (exact) mass is 323 g/mol. The van der Waals surface area contributed by atoms with E-state index in [0.717, 1.165) is 0 Å². The van der Waals surface area contributed by atoms with E-state index in [0.29, 0.717) is 6.07 Å². The van der Waals surface area contributed by atoms with E-state index in [1.165, 1.54) is 0 Å². The minimum absolute atomic E-state index is 0.440. The van der Waals surface area contributed by atoms with Gasteiger partial charge in [0.25, 0.3) is 11.7 Å². The van der Waals surface area contributed by atoms with Gasteiger partial charge in [-0.2, -0.15) is 0 Å². The van der Waals surface area contributed by atoms with E-state index in [1.807, 2.05) is 0 Å². The number of carbonyl (C=O) groups excluding carboxylic acids is 1. The molecule has 0 aliphatic heterocycles. The van der Waals surface area contributed by atoms with Gasteiger partial charge in [-0.05, 0) is 17.7 Å². The van der Waals surface area contributed by atoms with Crippen molar-refractivity contribution in [3.05, 3.63) is 23.0 Å². The Morgan fingerprint density at radius 1 is 1.42 bits per heavy atom. The number of aromatic nitrogens is 1. The highest BCUT2D eigenvalue weighted by Gasteiger charge is 2.33. The number of ether oxygens (including phenoxy) is 1. The van der Waals surface area contributed by atoms with Gasteiger partial charge >= 0.3 is 6.36 Å². The second kappa shape index (κ2) is 5.87. The summed E-state index contributed by atoms with van der Waals surface area (Å²) in [6.45, 7) is 0. The molecule has 0 aliphatic carbocycles. The van der Waals surface area contributed by atoms with Gasteiger partial charge in [-0.1, -0.05) is 0 Å². The van der Waals surface area contributed by atoms with Crippen molar-refractivity contribution in [1.82, 2.24) is 4.98 Å². The SMILES string of the molecule is O=C(Cl)c1cc(OC(F)(F)F)c(CCl)nc1C(F)F. The molecule has 1 heterocycles. The van der Waals surface area contributed by atoms with Crippen LogP contribution in [0.25, 0.3) is 0 Å². The first kappa shape index (κ1) is 15.9. The van der Waals surface area contributed by atoms with Gasteiger partial charge in [0, 0.05) is 0 Å². The Hall–Kier alpha value is -1.15. The van der Waals surface area contributed by atoms with Crippen LogP contribution in [0.5, 0.6) is 5.75 Å². The standard InChI is InChI=1S/C9H4Cl2F5NO2/c10-2-4-5(19-9(14,15)16)1-3(7(11)18)6(17-4)8(12)13/h1,8H,2H2. The molecule has 0 saturated carbocycles. The highest BCUT2D eigenvalue weighted by Crippen LogP contribution is 2.32. The van der Waals surface area contributed by atoms with Crippen molar-refractivity contribution >= 4 is 28.4 Å². The zero-order valence-electron chi connectivity index (χ0n) is 8.77. The first-order chi connectivity index (χ1) is 8.65. The number of hydrogen-bond donors (Lipinski definition) is 0. The predicted molar refractivity (Wildman–Crippen MR) is 55.6 cm³/mol. The van der Waals surface area contributed by atoms with Gasteiger partial charge in [0.05, 0.1) is 17.1 Å². The normalized spacial score (nSPS) is 11.8. The van der Waals surface area contributed by atoms with Gasteiger partial charge in [0.15, 0.2) is 5.75 Å². The van der Waals surface area contributed by atoms with Crippen molar-refractivity contribution in [2.45, 2.75) is 18.7 Å². The summed E-state index contributed by atoms with van der Waals surface area (Å²) in [5, 5.41) is -1.38. The molecule has 0 fully saturated rings. The lowest BCUT2D eigenvalue weighted by molar-refractivity contribution is -0.275.